The molecule has 1 atom stereocenters. The van der Waals surface area contributed by atoms with Crippen LogP contribution in [-0.4, -0.2) is 17.7 Å². The van der Waals surface area contributed by atoms with E-state index in [2.05, 4.69) is 5.32 Å². The second-order valence-corrected chi connectivity index (χ2v) is 5.38. The summed E-state index contributed by atoms with van der Waals surface area (Å²) in [5.74, 6) is -0.209. The van der Waals surface area contributed by atoms with Gasteiger partial charge >= 0.3 is 0 Å². The molecule has 0 aromatic heterocycles. The standard InChI is InChI=1S/C16H21NO2/c1-12(16(19)17-14-9-5-6-10-14)11-15(18)13-7-3-2-4-8-13/h2-4,7-8,12,14H,5-6,9-11H2,1H3,(H,17,19). The van der Waals surface area contributed by atoms with Crippen LogP contribution in [0.4, 0.5) is 0 Å². The number of carbonyl (C=O) groups excluding carboxylic acids is 2. The monoisotopic (exact) mass is 259 g/mol. The van der Waals surface area contributed by atoms with Gasteiger partial charge in [-0.25, -0.2) is 0 Å². The van der Waals surface area contributed by atoms with E-state index in [0.29, 0.717) is 11.6 Å². The molecule has 0 bridgehead atoms. The Morgan fingerprint density at radius 2 is 1.84 bits per heavy atom. The molecule has 102 valence electrons. The summed E-state index contributed by atoms with van der Waals surface area (Å²) in [5, 5.41) is 3.04. The molecule has 1 amide bonds. The minimum atomic E-state index is -0.256. The first kappa shape index (κ1) is 13.8. The molecule has 1 aromatic rings. The fourth-order valence-electron chi connectivity index (χ4n) is 2.53. The molecule has 1 fully saturated rings. The van der Waals surface area contributed by atoms with Gasteiger partial charge in [0.1, 0.15) is 0 Å². The quantitative estimate of drug-likeness (QED) is 0.826. The van der Waals surface area contributed by atoms with Gasteiger partial charge in [0.2, 0.25) is 5.91 Å². The first-order chi connectivity index (χ1) is 9.16. The molecule has 0 radical (unpaired) electrons. The summed E-state index contributed by atoms with van der Waals surface area (Å²) < 4.78 is 0. The van der Waals surface area contributed by atoms with Crippen LogP contribution >= 0.6 is 0 Å². The molecule has 0 spiro atoms. The summed E-state index contributed by atoms with van der Waals surface area (Å²) in [6.07, 6.45) is 4.82. The van der Waals surface area contributed by atoms with Gasteiger partial charge in [0, 0.05) is 23.9 Å². The smallest absolute Gasteiger partial charge is 0.223 e. The highest BCUT2D eigenvalue weighted by Crippen LogP contribution is 2.18. The molecule has 2 rings (SSSR count). The summed E-state index contributed by atoms with van der Waals surface area (Å²) in [6.45, 7) is 1.82. The van der Waals surface area contributed by atoms with Crippen molar-refractivity contribution in [2.45, 2.75) is 45.1 Å². The topological polar surface area (TPSA) is 46.2 Å². The molecule has 1 unspecified atom stereocenters. The van der Waals surface area contributed by atoms with E-state index in [1.54, 1.807) is 12.1 Å². The van der Waals surface area contributed by atoms with Crippen LogP contribution in [0.5, 0.6) is 0 Å². The Morgan fingerprint density at radius 1 is 1.21 bits per heavy atom. The molecule has 0 aliphatic heterocycles. The number of nitrogens with one attached hydrogen (secondary N) is 1. The van der Waals surface area contributed by atoms with Crippen LogP contribution in [0.15, 0.2) is 30.3 Å². The zero-order valence-corrected chi connectivity index (χ0v) is 11.4. The van der Waals surface area contributed by atoms with Crippen molar-refractivity contribution in [1.29, 1.82) is 0 Å². The number of rotatable bonds is 5. The number of carbonyl (C=O) groups is 2. The number of benzene rings is 1. The van der Waals surface area contributed by atoms with Crippen molar-refractivity contribution in [3.8, 4) is 0 Å². The highest BCUT2D eigenvalue weighted by molar-refractivity contribution is 5.98. The van der Waals surface area contributed by atoms with E-state index in [0.717, 1.165) is 12.8 Å². The maximum Gasteiger partial charge on any atom is 0.223 e. The van der Waals surface area contributed by atoms with Gasteiger partial charge in [-0.1, -0.05) is 50.1 Å². The summed E-state index contributed by atoms with van der Waals surface area (Å²) >= 11 is 0. The van der Waals surface area contributed by atoms with Crippen molar-refractivity contribution >= 4 is 11.7 Å². The van der Waals surface area contributed by atoms with Crippen LogP contribution in [0.2, 0.25) is 0 Å². The molecular weight excluding hydrogens is 238 g/mol. The lowest BCUT2D eigenvalue weighted by Crippen LogP contribution is -2.37. The van der Waals surface area contributed by atoms with Crippen molar-refractivity contribution in [3.05, 3.63) is 35.9 Å². The maximum absolute atomic E-state index is 12.0. The molecule has 0 saturated heterocycles. The average Bonchev–Trinajstić information content (AvgIpc) is 2.92. The predicted octanol–water partition coefficient (Wildman–Crippen LogP) is 2.95. The summed E-state index contributed by atoms with van der Waals surface area (Å²) in [6, 6.07) is 9.48. The molecule has 3 heteroatoms. The Balaban J connectivity index is 1.84. The first-order valence-corrected chi connectivity index (χ1v) is 7.05. The fourth-order valence-corrected chi connectivity index (χ4v) is 2.53. The number of ketones is 1. The van der Waals surface area contributed by atoms with Crippen LogP contribution in [0, 0.1) is 5.92 Å². The van der Waals surface area contributed by atoms with E-state index in [-0.39, 0.29) is 24.0 Å². The third-order valence-corrected chi connectivity index (χ3v) is 3.74. The zero-order chi connectivity index (χ0) is 13.7. The van der Waals surface area contributed by atoms with Crippen molar-refractivity contribution in [1.82, 2.24) is 5.32 Å². The Labute approximate surface area is 114 Å². The van der Waals surface area contributed by atoms with Crippen molar-refractivity contribution in [3.63, 3.8) is 0 Å². The number of hydrogen-bond donors (Lipinski definition) is 1. The minimum absolute atomic E-state index is 0.0104. The second kappa shape index (κ2) is 6.50. The maximum atomic E-state index is 12.0. The van der Waals surface area contributed by atoms with Gasteiger partial charge in [-0.2, -0.15) is 0 Å². The summed E-state index contributed by atoms with van der Waals surface area (Å²) in [5.41, 5.74) is 0.683. The van der Waals surface area contributed by atoms with Gasteiger partial charge in [0.25, 0.3) is 0 Å². The number of hydrogen-bond acceptors (Lipinski definition) is 2. The molecule has 1 aliphatic carbocycles. The van der Waals surface area contributed by atoms with E-state index in [9.17, 15) is 9.59 Å². The molecule has 3 nitrogen and oxygen atoms in total. The van der Waals surface area contributed by atoms with Crippen molar-refractivity contribution < 1.29 is 9.59 Å². The van der Waals surface area contributed by atoms with Gasteiger partial charge in [-0.05, 0) is 12.8 Å². The normalized spacial score (nSPS) is 17.1. The van der Waals surface area contributed by atoms with Gasteiger partial charge in [-0.15, -0.1) is 0 Å². The van der Waals surface area contributed by atoms with Crippen molar-refractivity contribution in [2.75, 3.05) is 0 Å². The number of Topliss-reactive ketones (excluding diaryl/α,β-unsaturated/α-hetero) is 1. The molecule has 1 saturated carbocycles. The molecule has 1 aromatic carbocycles. The lowest BCUT2D eigenvalue weighted by molar-refractivity contribution is -0.125. The SMILES string of the molecule is CC(CC(=O)c1ccccc1)C(=O)NC1CCCC1. The van der Waals surface area contributed by atoms with E-state index >= 15 is 0 Å². The lowest BCUT2D eigenvalue weighted by atomic mass is 9.99. The van der Waals surface area contributed by atoms with Crippen LogP contribution in [0.25, 0.3) is 0 Å². The first-order valence-electron chi connectivity index (χ1n) is 7.05. The molecular formula is C16H21NO2. The van der Waals surface area contributed by atoms with Crippen molar-refractivity contribution in [2.24, 2.45) is 5.92 Å². The molecule has 1 aliphatic rings. The Morgan fingerprint density at radius 3 is 2.47 bits per heavy atom. The van der Waals surface area contributed by atoms with Crippen LogP contribution in [0.3, 0.4) is 0 Å². The Bertz CT molecular complexity index is 435. The zero-order valence-electron chi connectivity index (χ0n) is 11.4. The largest absolute Gasteiger partial charge is 0.353 e. The third-order valence-electron chi connectivity index (χ3n) is 3.74. The van der Waals surface area contributed by atoms with Gasteiger partial charge in [-0.3, -0.25) is 9.59 Å². The highest BCUT2D eigenvalue weighted by Gasteiger charge is 2.22. The fraction of sp³-hybridized carbons (Fsp3) is 0.500. The predicted molar refractivity (Wildman–Crippen MR) is 75.0 cm³/mol. The van der Waals surface area contributed by atoms with E-state index in [4.69, 9.17) is 0 Å². The average molecular weight is 259 g/mol. The minimum Gasteiger partial charge on any atom is -0.353 e. The molecule has 19 heavy (non-hydrogen) atoms. The lowest BCUT2D eigenvalue weighted by Gasteiger charge is -2.16. The van der Waals surface area contributed by atoms with Gasteiger partial charge in [0.15, 0.2) is 5.78 Å². The van der Waals surface area contributed by atoms with Crippen LogP contribution in [-0.2, 0) is 4.79 Å². The van der Waals surface area contributed by atoms with Crippen LogP contribution < -0.4 is 5.32 Å². The van der Waals surface area contributed by atoms with E-state index < -0.39 is 0 Å². The molecule has 0 heterocycles. The highest BCUT2D eigenvalue weighted by atomic mass is 16.2. The van der Waals surface area contributed by atoms with E-state index in [1.807, 2.05) is 25.1 Å². The van der Waals surface area contributed by atoms with E-state index in [1.165, 1.54) is 12.8 Å². The third kappa shape index (κ3) is 3.91. The number of amides is 1. The Kier molecular flexibility index (Phi) is 4.72. The van der Waals surface area contributed by atoms with Gasteiger partial charge < -0.3 is 5.32 Å². The summed E-state index contributed by atoms with van der Waals surface area (Å²) in [7, 11) is 0. The van der Waals surface area contributed by atoms with Gasteiger partial charge in [0.05, 0.1) is 0 Å². The summed E-state index contributed by atoms with van der Waals surface area (Å²) in [4.78, 5) is 24.0. The van der Waals surface area contributed by atoms with Crippen LogP contribution in [0.1, 0.15) is 49.4 Å². The molecule has 1 N–H and O–H groups in total. The second-order valence-electron chi connectivity index (χ2n) is 5.38. The Hall–Kier alpha value is -1.64.